The minimum Gasteiger partial charge on any atom is -0.352 e. The average molecular weight is 270 g/mol. The van der Waals surface area contributed by atoms with E-state index in [4.69, 9.17) is 0 Å². The Morgan fingerprint density at radius 3 is 2.10 bits per heavy atom. The van der Waals surface area contributed by atoms with Gasteiger partial charge in [0.1, 0.15) is 0 Å². The van der Waals surface area contributed by atoms with Crippen LogP contribution in [0.4, 0.5) is 0 Å². The largest absolute Gasteiger partial charge is 0.352 e. The molecule has 2 aromatic rings. The summed E-state index contributed by atoms with van der Waals surface area (Å²) >= 11 is 0. The van der Waals surface area contributed by atoms with E-state index in [1.54, 1.807) is 0 Å². The lowest BCUT2D eigenvalue weighted by Gasteiger charge is -2.11. The molecule has 3 nitrogen and oxygen atoms in total. The molecular weight excluding hydrogens is 248 g/mol. The first kappa shape index (κ1) is 14.4. The summed E-state index contributed by atoms with van der Waals surface area (Å²) in [4.78, 5) is 12.0. The van der Waals surface area contributed by atoms with Crippen molar-refractivity contribution in [2.45, 2.75) is 27.7 Å². The zero-order valence-electron chi connectivity index (χ0n) is 12.6. The van der Waals surface area contributed by atoms with E-state index in [1.807, 2.05) is 24.3 Å². The van der Waals surface area contributed by atoms with Crippen LogP contribution in [-0.4, -0.2) is 17.0 Å². The van der Waals surface area contributed by atoms with Gasteiger partial charge in [-0.2, -0.15) is 0 Å². The molecule has 0 unspecified atom stereocenters. The summed E-state index contributed by atoms with van der Waals surface area (Å²) in [6.07, 6.45) is 0. The van der Waals surface area contributed by atoms with Crippen molar-refractivity contribution in [3.63, 3.8) is 0 Å². The second-order valence-corrected chi connectivity index (χ2v) is 5.60. The van der Waals surface area contributed by atoms with Crippen molar-refractivity contribution in [3.8, 4) is 5.69 Å². The molecule has 2 rings (SSSR count). The third-order valence-electron chi connectivity index (χ3n) is 3.33. The molecule has 0 atom stereocenters. The first-order chi connectivity index (χ1) is 9.49. The zero-order chi connectivity index (χ0) is 14.7. The van der Waals surface area contributed by atoms with E-state index in [0.29, 0.717) is 18.0 Å². The van der Waals surface area contributed by atoms with Gasteiger partial charge in [-0.1, -0.05) is 13.8 Å². The van der Waals surface area contributed by atoms with E-state index in [9.17, 15) is 4.79 Å². The van der Waals surface area contributed by atoms with Crippen LogP contribution in [-0.2, 0) is 0 Å². The molecule has 3 heteroatoms. The van der Waals surface area contributed by atoms with Crippen LogP contribution >= 0.6 is 0 Å². The number of nitrogens with zero attached hydrogens (tertiary/aromatic N) is 1. The van der Waals surface area contributed by atoms with E-state index < -0.39 is 0 Å². The predicted molar refractivity (Wildman–Crippen MR) is 82.4 cm³/mol. The highest BCUT2D eigenvalue weighted by Crippen LogP contribution is 2.16. The topological polar surface area (TPSA) is 34.0 Å². The monoisotopic (exact) mass is 270 g/mol. The number of hydrogen-bond acceptors (Lipinski definition) is 1. The summed E-state index contributed by atoms with van der Waals surface area (Å²) in [7, 11) is 0. The molecule has 0 saturated heterocycles. The van der Waals surface area contributed by atoms with Crippen molar-refractivity contribution in [3.05, 3.63) is 53.3 Å². The van der Waals surface area contributed by atoms with E-state index in [0.717, 1.165) is 5.69 Å². The minimum atomic E-state index is -0.00815. The molecule has 0 radical (unpaired) electrons. The van der Waals surface area contributed by atoms with Crippen molar-refractivity contribution >= 4 is 5.91 Å². The first-order valence-electron chi connectivity index (χ1n) is 7.02. The molecule has 0 bridgehead atoms. The summed E-state index contributed by atoms with van der Waals surface area (Å²) in [5, 5.41) is 2.93. The van der Waals surface area contributed by atoms with Crippen LogP contribution in [0.15, 0.2) is 36.4 Å². The Bertz CT molecular complexity index is 574. The number of nitrogens with one attached hydrogen (secondary N) is 1. The smallest absolute Gasteiger partial charge is 0.251 e. The van der Waals surface area contributed by atoms with Gasteiger partial charge in [-0.05, 0) is 56.2 Å². The van der Waals surface area contributed by atoms with Crippen molar-refractivity contribution in [2.75, 3.05) is 6.54 Å². The van der Waals surface area contributed by atoms with Crippen molar-refractivity contribution < 1.29 is 4.79 Å². The Hall–Kier alpha value is -2.03. The van der Waals surface area contributed by atoms with Crippen LogP contribution in [0.5, 0.6) is 0 Å². The summed E-state index contributed by atoms with van der Waals surface area (Å²) in [5.41, 5.74) is 4.18. The number of rotatable bonds is 4. The summed E-state index contributed by atoms with van der Waals surface area (Å²) < 4.78 is 2.18. The molecule has 1 N–H and O–H groups in total. The Morgan fingerprint density at radius 2 is 1.60 bits per heavy atom. The molecule has 0 aliphatic carbocycles. The molecule has 1 amide bonds. The number of hydrogen-bond donors (Lipinski definition) is 1. The van der Waals surface area contributed by atoms with Crippen LogP contribution in [0.1, 0.15) is 35.6 Å². The Morgan fingerprint density at radius 1 is 1.05 bits per heavy atom. The molecule has 0 saturated carbocycles. The van der Waals surface area contributed by atoms with Gasteiger partial charge >= 0.3 is 0 Å². The molecule has 0 spiro atoms. The highest BCUT2D eigenvalue weighted by atomic mass is 16.1. The summed E-state index contributed by atoms with van der Waals surface area (Å²) in [6, 6.07) is 11.9. The van der Waals surface area contributed by atoms with Crippen LogP contribution in [0.25, 0.3) is 5.69 Å². The average Bonchev–Trinajstić information content (AvgIpc) is 2.76. The second-order valence-electron chi connectivity index (χ2n) is 5.60. The van der Waals surface area contributed by atoms with Gasteiger partial charge in [-0.15, -0.1) is 0 Å². The fourth-order valence-corrected chi connectivity index (χ4v) is 2.24. The van der Waals surface area contributed by atoms with E-state index >= 15 is 0 Å². The van der Waals surface area contributed by atoms with Gasteiger partial charge < -0.3 is 9.88 Å². The van der Waals surface area contributed by atoms with Crippen LogP contribution in [0, 0.1) is 19.8 Å². The number of benzene rings is 1. The molecule has 20 heavy (non-hydrogen) atoms. The minimum absolute atomic E-state index is 0.00815. The maximum atomic E-state index is 12.0. The molecular formula is C17H22N2O. The number of carbonyl (C=O) groups is 1. The maximum absolute atomic E-state index is 12.0. The zero-order valence-corrected chi connectivity index (χ0v) is 12.6. The van der Waals surface area contributed by atoms with Crippen molar-refractivity contribution in [2.24, 2.45) is 5.92 Å². The van der Waals surface area contributed by atoms with Gasteiger partial charge in [0.05, 0.1) is 0 Å². The molecule has 1 aromatic carbocycles. The van der Waals surface area contributed by atoms with Gasteiger partial charge in [-0.3, -0.25) is 4.79 Å². The standard InChI is InChI=1S/C17H22N2O/c1-12(2)11-18-17(20)15-7-9-16(10-8-15)19-13(3)5-6-14(19)4/h5-10,12H,11H2,1-4H3,(H,18,20). The van der Waals surface area contributed by atoms with Gasteiger partial charge in [0.2, 0.25) is 0 Å². The maximum Gasteiger partial charge on any atom is 0.251 e. The normalized spacial score (nSPS) is 10.8. The van der Waals surface area contributed by atoms with E-state index in [2.05, 4.69) is 49.7 Å². The van der Waals surface area contributed by atoms with E-state index in [1.165, 1.54) is 11.4 Å². The Labute approximate surface area is 120 Å². The predicted octanol–water partition coefficient (Wildman–Crippen LogP) is 3.48. The lowest BCUT2D eigenvalue weighted by molar-refractivity contribution is 0.0949. The van der Waals surface area contributed by atoms with Gasteiger partial charge in [0, 0.05) is 29.2 Å². The third-order valence-corrected chi connectivity index (χ3v) is 3.33. The van der Waals surface area contributed by atoms with Gasteiger partial charge in [0.25, 0.3) is 5.91 Å². The first-order valence-corrected chi connectivity index (χ1v) is 7.02. The van der Waals surface area contributed by atoms with Gasteiger partial charge in [-0.25, -0.2) is 0 Å². The quantitative estimate of drug-likeness (QED) is 0.906. The number of aromatic nitrogens is 1. The fourth-order valence-electron chi connectivity index (χ4n) is 2.24. The number of aryl methyl sites for hydroxylation is 2. The SMILES string of the molecule is Cc1ccc(C)n1-c1ccc(C(=O)NCC(C)C)cc1. The van der Waals surface area contributed by atoms with E-state index in [-0.39, 0.29) is 5.91 Å². The molecule has 106 valence electrons. The van der Waals surface area contributed by atoms with Crippen LogP contribution in [0.2, 0.25) is 0 Å². The lowest BCUT2D eigenvalue weighted by atomic mass is 10.1. The summed E-state index contributed by atoms with van der Waals surface area (Å²) in [5.74, 6) is 0.453. The highest BCUT2D eigenvalue weighted by molar-refractivity contribution is 5.94. The second kappa shape index (κ2) is 5.95. The Kier molecular flexibility index (Phi) is 4.28. The number of carbonyl (C=O) groups excluding carboxylic acids is 1. The highest BCUT2D eigenvalue weighted by Gasteiger charge is 2.08. The Balaban J connectivity index is 2.16. The lowest BCUT2D eigenvalue weighted by Crippen LogP contribution is -2.27. The van der Waals surface area contributed by atoms with Crippen molar-refractivity contribution in [1.82, 2.24) is 9.88 Å². The molecule has 1 heterocycles. The summed E-state index contributed by atoms with van der Waals surface area (Å²) in [6.45, 7) is 9.03. The van der Waals surface area contributed by atoms with Crippen LogP contribution in [0.3, 0.4) is 0 Å². The third kappa shape index (κ3) is 3.10. The van der Waals surface area contributed by atoms with Crippen LogP contribution < -0.4 is 5.32 Å². The number of amides is 1. The van der Waals surface area contributed by atoms with Gasteiger partial charge in [0.15, 0.2) is 0 Å². The van der Waals surface area contributed by atoms with Crippen molar-refractivity contribution in [1.29, 1.82) is 0 Å². The molecule has 0 aliphatic heterocycles. The fraction of sp³-hybridized carbons (Fsp3) is 0.353. The molecule has 0 fully saturated rings. The molecule has 1 aromatic heterocycles. The molecule has 0 aliphatic rings.